The maximum absolute atomic E-state index is 12.2. The van der Waals surface area contributed by atoms with Gasteiger partial charge in [0.2, 0.25) is 6.79 Å². The molecule has 0 saturated carbocycles. The van der Waals surface area contributed by atoms with Crippen molar-refractivity contribution in [3.05, 3.63) is 43.6 Å². The fraction of sp³-hybridized carbons (Fsp3) is 0.143. The van der Waals surface area contributed by atoms with Crippen LogP contribution in [-0.4, -0.2) is 17.7 Å². The number of carbonyl (C=O) groups excluding carboxylic acids is 1. The summed E-state index contributed by atoms with van der Waals surface area (Å²) in [6.07, 6.45) is 0. The van der Waals surface area contributed by atoms with Gasteiger partial charge in [0.1, 0.15) is 11.6 Å². The van der Waals surface area contributed by atoms with Crippen molar-refractivity contribution in [2.45, 2.75) is 6.61 Å². The number of hydrogen-bond donors (Lipinski definition) is 1. The minimum atomic E-state index is -0.806. The highest BCUT2D eigenvalue weighted by Crippen LogP contribution is 2.40. The number of nitrogen functional groups attached to an aromatic ring is 1. The number of nitrogens with two attached hydrogens (primary N) is 1. The van der Waals surface area contributed by atoms with E-state index in [1.807, 2.05) is 0 Å². The molecule has 2 N–H and O–H groups in total. The molecule has 0 fully saturated rings. The Bertz CT molecular complexity index is 844. The van der Waals surface area contributed by atoms with Crippen LogP contribution in [-0.2, 0) is 11.3 Å². The predicted molar refractivity (Wildman–Crippen MR) is 90.4 cm³/mol. The number of carbonyl (C=O) groups is 1. The Morgan fingerprint density at radius 3 is 2.71 bits per heavy atom. The zero-order valence-electron chi connectivity index (χ0n) is 11.7. The van der Waals surface area contributed by atoms with Gasteiger partial charge in [-0.1, -0.05) is 46.4 Å². The van der Waals surface area contributed by atoms with Crippen molar-refractivity contribution in [2.75, 3.05) is 12.5 Å². The average molecular weight is 410 g/mol. The van der Waals surface area contributed by atoms with Gasteiger partial charge in [-0.2, -0.15) is 0 Å². The lowest BCUT2D eigenvalue weighted by molar-refractivity contribution is 0.0465. The van der Waals surface area contributed by atoms with Crippen molar-refractivity contribution in [1.82, 2.24) is 4.98 Å². The second kappa shape index (κ2) is 6.72. The van der Waals surface area contributed by atoms with Gasteiger partial charge in [-0.05, 0) is 17.7 Å². The van der Waals surface area contributed by atoms with E-state index in [-0.39, 0.29) is 40.0 Å². The summed E-state index contributed by atoms with van der Waals surface area (Å²) >= 11 is 23.6. The van der Waals surface area contributed by atoms with Crippen LogP contribution in [0.4, 0.5) is 5.69 Å². The summed E-state index contributed by atoms with van der Waals surface area (Å²) < 4.78 is 15.6. The summed E-state index contributed by atoms with van der Waals surface area (Å²) in [5.74, 6) is 0.122. The third kappa shape index (κ3) is 3.15. The minimum Gasteiger partial charge on any atom is -0.456 e. The molecule has 0 atom stereocenters. The quantitative estimate of drug-likeness (QED) is 0.598. The standard InChI is InChI=1S/C14H8Cl4N2O4/c15-6-1-5(2-7-12(6)24-4-23-7)3-22-14(21)11-8(16)10(19)9(17)13(18)20-11/h1-2H,3-4H2,(H2,19,20). The molecule has 3 rings (SSSR count). The van der Waals surface area contributed by atoms with Crippen LogP contribution in [0.15, 0.2) is 12.1 Å². The van der Waals surface area contributed by atoms with Crippen LogP contribution >= 0.6 is 46.4 Å². The highest BCUT2D eigenvalue weighted by atomic mass is 35.5. The lowest BCUT2D eigenvalue weighted by atomic mass is 10.2. The highest BCUT2D eigenvalue weighted by molar-refractivity contribution is 6.46. The molecular weight excluding hydrogens is 402 g/mol. The normalized spacial score (nSPS) is 12.3. The number of fused-ring (bicyclic) bond motifs is 1. The van der Waals surface area contributed by atoms with Crippen molar-refractivity contribution in [3.8, 4) is 11.5 Å². The first-order valence-electron chi connectivity index (χ1n) is 6.43. The number of hydrogen-bond acceptors (Lipinski definition) is 6. The molecule has 6 nitrogen and oxygen atoms in total. The van der Waals surface area contributed by atoms with E-state index < -0.39 is 5.97 Å². The first-order valence-corrected chi connectivity index (χ1v) is 7.94. The van der Waals surface area contributed by atoms with Gasteiger partial charge in [-0.25, -0.2) is 9.78 Å². The lowest BCUT2D eigenvalue weighted by Gasteiger charge is -2.10. The number of ether oxygens (including phenoxy) is 3. The molecular formula is C14H8Cl4N2O4. The van der Waals surface area contributed by atoms with Gasteiger partial charge in [0, 0.05) is 0 Å². The molecule has 0 unspecified atom stereocenters. The van der Waals surface area contributed by atoms with Crippen molar-refractivity contribution in [1.29, 1.82) is 0 Å². The van der Waals surface area contributed by atoms with E-state index in [0.29, 0.717) is 22.1 Å². The van der Waals surface area contributed by atoms with Crippen molar-refractivity contribution in [2.24, 2.45) is 0 Å². The SMILES string of the molecule is Nc1c(Cl)c(Cl)nc(C(=O)OCc2cc(Cl)c3c(c2)OCO3)c1Cl. The predicted octanol–water partition coefficient (Wildman–Crippen LogP) is 4.36. The molecule has 0 amide bonds. The maximum atomic E-state index is 12.2. The van der Waals surface area contributed by atoms with E-state index in [2.05, 4.69) is 4.98 Å². The molecule has 0 radical (unpaired) electrons. The molecule has 1 aliphatic heterocycles. The Hall–Kier alpha value is -1.60. The molecule has 0 spiro atoms. The number of pyridine rings is 1. The summed E-state index contributed by atoms with van der Waals surface area (Å²) in [7, 11) is 0. The summed E-state index contributed by atoms with van der Waals surface area (Å²) in [5.41, 5.74) is 5.99. The van der Waals surface area contributed by atoms with Gasteiger partial charge < -0.3 is 19.9 Å². The summed E-state index contributed by atoms with van der Waals surface area (Å²) in [4.78, 5) is 16.0. The van der Waals surface area contributed by atoms with Crippen LogP contribution in [0.25, 0.3) is 0 Å². The molecule has 10 heteroatoms. The van der Waals surface area contributed by atoms with E-state index in [0.717, 1.165) is 0 Å². The monoisotopic (exact) mass is 408 g/mol. The van der Waals surface area contributed by atoms with Crippen LogP contribution in [0.3, 0.4) is 0 Å². The molecule has 24 heavy (non-hydrogen) atoms. The summed E-state index contributed by atoms with van der Waals surface area (Å²) in [5, 5.41) is 0.0570. The number of nitrogens with zero attached hydrogens (tertiary/aromatic N) is 1. The van der Waals surface area contributed by atoms with E-state index in [1.54, 1.807) is 12.1 Å². The Morgan fingerprint density at radius 2 is 1.96 bits per heavy atom. The molecule has 2 aromatic rings. The Balaban J connectivity index is 1.78. The minimum absolute atomic E-state index is 0.0271. The number of anilines is 1. The summed E-state index contributed by atoms with van der Waals surface area (Å²) in [6.45, 7) is -0.00622. The second-order valence-electron chi connectivity index (χ2n) is 4.68. The molecule has 2 heterocycles. The van der Waals surface area contributed by atoms with Crippen molar-refractivity contribution in [3.63, 3.8) is 0 Å². The van der Waals surface area contributed by atoms with E-state index in [4.69, 9.17) is 66.3 Å². The molecule has 0 bridgehead atoms. The first kappa shape index (κ1) is 17.2. The van der Waals surface area contributed by atoms with Gasteiger partial charge >= 0.3 is 5.97 Å². The average Bonchev–Trinajstić information content (AvgIpc) is 3.03. The fourth-order valence-corrected chi connectivity index (χ4v) is 2.86. The third-order valence-electron chi connectivity index (χ3n) is 3.12. The van der Waals surface area contributed by atoms with Crippen molar-refractivity contribution < 1.29 is 19.0 Å². The van der Waals surface area contributed by atoms with Crippen molar-refractivity contribution >= 4 is 58.1 Å². The maximum Gasteiger partial charge on any atom is 0.358 e. The number of esters is 1. The molecule has 126 valence electrons. The topological polar surface area (TPSA) is 83.7 Å². The van der Waals surface area contributed by atoms with Crippen LogP contribution < -0.4 is 15.2 Å². The lowest BCUT2D eigenvalue weighted by Crippen LogP contribution is -2.10. The first-order chi connectivity index (χ1) is 11.4. The largest absolute Gasteiger partial charge is 0.456 e. The molecule has 0 aliphatic carbocycles. The number of rotatable bonds is 3. The second-order valence-corrected chi connectivity index (χ2v) is 6.20. The van der Waals surface area contributed by atoms with Gasteiger partial charge in [0.15, 0.2) is 22.3 Å². The van der Waals surface area contributed by atoms with E-state index >= 15 is 0 Å². The van der Waals surface area contributed by atoms with Crippen LogP contribution in [0.1, 0.15) is 16.1 Å². The molecule has 1 aliphatic rings. The third-order valence-corrected chi connectivity index (χ3v) is 4.54. The van der Waals surface area contributed by atoms with E-state index in [9.17, 15) is 4.79 Å². The summed E-state index contributed by atoms with van der Waals surface area (Å²) in [6, 6.07) is 3.25. The zero-order valence-corrected chi connectivity index (χ0v) is 14.8. The van der Waals surface area contributed by atoms with Crippen LogP contribution in [0.2, 0.25) is 20.2 Å². The fourth-order valence-electron chi connectivity index (χ4n) is 1.99. The number of aromatic nitrogens is 1. The van der Waals surface area contributed by atoms with Crippen LogP contribution in [0.5, 0.6) is 11.5 Å². The number of halogens is 4. The Labute approximate surface area is 156 Å². The Kier molecular flexibility index (Phi) is 4.83. The van der Waals surface area contributed by atoms with Gasteiger partial charge in [-0.15, -0.1) is 0 Å². The Morgan fingerprint density at radius 1 is 1.21 bits per heavy atom. The highest BCUT2D eigenvalue weighted by Gasteiger charge is 2.22. The molecule has 0 saturated heterocycles. The smallest absolute Gasteiger partial charge is 0.358 e. The van der Waals surface area contributed by atoms with Gasteiger partial charge in [-0.3, -0.25) is 0 Å². The molecule has 1 aromatic carbocycles. The van der Waals surface area contributed by atoms with Gasteiger partial charge in [0.05, 0.1) is 15.7 Å². The zero-order chi connectivity index (χ0) is 17.4. The number of benzene rings is 1. The van der Waals surface area contributed by atoms with Gasteiger partial charge in [0.25, 0.3) is 0 Å². The molecule has 1 aromatic heterocycles. The van der Waals surface area contributed by atoms with E-state index in [1.165, 1.54) is 0 Å². The van der Waals surface area contributed by atoms with Crippen LogP contribution in [0, 0.1) is 0 Å².